The topological polar surface area (TPSA) is 50.3 Å². The molecule has 1 saturated heterocycles. The molecule has 1 aliphatic rings. The molecule has 1 aromatic heterocycles. The number of hydrogen-bond donors (Lipinski definition) is 0. The van der Waals surface area contributed by atoms with Gasteiger partial charge in [-0.05, 0) is 48.6 Å². The van der Waals surface area contributed by atoms with Gasteiger partial charge in [0.05, 0.1) is 17.1 Å². The molecule has 7 heteroatoms. The largest absolute Gasteiger partial charge is 0.260 e. The Kier molecular flexibility index (Phi) is 4.99. The summed E-state index contributed by atoms with van der Waals surface area (Å²) < 4.78 is 40.6. The molecule has 0 amide bonds. The van der Waals surface area contributed by atoms with E-state index in [4.69, 9.17) is 0 Å². The van der Waals surface area contributed by atoms with E-state index in [0.29, 0.717) is 5.69 Å². The molecular weight excluding hydrogens is 335 g/mol. The molecule has 0 bridgehead atoms. The zero-order valence-corrected chi connectivity index (χ0v) is 14.1. The molecule has 1 fully saturated rings. The van der Waals surface area contributed by atoms with Gasteiger partial charge in [0.2, 0.25) is 10.0 Å². The van der Waals surface area contributed by atoms with Crippen molar-refractivity contribution in [1.82, 2.24) is 9.29 Å². The van der Waals surface area contributed by atoms with Crippen molar-refractivity contribution < 1.29 is 12.8 Å². The van der Waals surface area contributed by atoms with E-state index in [2.05, 4.69) is 4.98 Å². The lowest BCUT2D eigenvalue weighted by atomic mass is 10.2. The van der Waals surface area contributed by atoms with E-state index in [0.717, 1.165) is 17.9 Å². The Hall–Kier alpha value is -1.44. The molecule has 23 heavy (non-hydrogen) atoms. The maximum Gasteiger partial charge on any atom is 0.243 e. The molecule has 2 aromatic rings. The molecular formula is C16H17FN2O2S2. The zero-order chi connectivity index (χ0) is 16.3. The first-order chi connectivity index (χ1) is 11.1. The van der Waals surface area contributed by atoms with Crippen LogP contribution in [0.3, 0.4) is 0 Å². The highest BCUT2D eigenvalue weighted by Gasteiger charge is 2.33. The van der Waals surface area contributed by atoms with Gasteiger partial charge in [-0.15, -0.1) is 0 Å². The van der Waals surface area contributed by atoms with Crippen LogP contribution in [-0.4, -0.2) is 35.3 Å². The minimum atomic E-state index is -3.69. The number of hydrogen-bond acceptors (Lipinski definition) is 4. The Labute approximate surface area is 139 Å². The number of aromatic nitrogens is 1. The van der Waals surface area contributed by atoms with E-state index >= 15 is 0 Å². The lowest BCUT2D eigenvalue weighted by molar-refractivity contribution is 0.331. The summed E-state index contributed by atoms with van der Waals surface area (Å²) in [5.74, 6) is 1.27. The van der Waals surface area contributed by atoms with Gasteiger partial charge in [0, 0.05) is 18.0 Å². The summed E-state index contributed by atoms with van der Waals surface area (Å²) in [6.07, 6.45) is 2.47. The monoisotopic (exact) mass is 352 g/mol. The normalized spacial score (nSPS) is 18.4. The number of pyridine rings is 1. The summed E-state index contributed by atoms with van der Waals surface area (Å²) in [5, 5.41) is 0. The number of halogens is 1. The Bertz CT molecular complexity index is 745. The molecule has 0 aliphatic carbocycles. The molecule has 1 aliphatic heterocycles. The van der Waals surface area contributed by atoms with E-state index in [1.165, 1.54) is 28.6 Å². The smallest absolute Gasteiger partial charge is 0.243 e. The van der Waals surface area contributed by atoms with E-state index in [9.17, 15) is 12.8 Å². The summed E-state index contributed by atoms with van der Waals surface area (Å²) in [6.45, 7) is 0.228. The van der Waals surface area contributed by atoms with Gasteiger partial charge >= 0.3 is 0 Å². The second kappa shape index (κ2) is 6.98. The first kappa shape index (κ1) is 16.4. The van der Waals surface area contributed by atoms with Crippen molar-refractivity contribution in [2.45, 2.75) is 23.9 Å². The van der Waals surface area contributed by atoms with Crippen LogP contribution in [0.25, 0.3) is 0 Å². The van der Waals surface area contributed by atoms with Gasteiger partial charge in [0.25, 0.3) is 0 Å². The predicted molar refractivity (Wildman–Crippen MR) is 89.1 cm³/mol. The average molecular weight is 352 g/mol. The number of thioether (sulfide) groups is 1. The number of benzene rings is 1. The minimum absolute atomic E-state index is 0.0583. The van der Waals surface area contributed by atoms with Crippen molar-refractivity contribution in [2.75, 3.05) is 11.5 Å². The van der Waals surface area contributed by atoms with Crippen LogP contribution in [0.5, 0.6) is 0 Å². The van der Waals surface area contributed by atoms with Crippen LogP contribution >= 0.6 is 11.8 Å². The van der Waals surface area contributed by atoms with Crippen LogP contribution in [0.1, 0.15) is 12.1 Å². The Morgan fingerprint density at radius 1 is 1.22 bits per heavy atom. The van der Waals surface area contributed by atoms with Crippen LogP contribution in [0, 0.1) is 5.82 Å². The van der Waals surface area contributed by atoms with E-state index < -0.39 is 15.8 Å². The van der Waals surface area contributed by atoms with Crippen molar-refractivity contribution in [1.29, 1.82) is 0 Å². The van der Waals surface area contributed by atoms with Gasteiger partial charge in [-0.2, -0.15) is 16.1 Å². The standard InChI is InChI=1S/C16H17FN2O2S2/c17-13-4-6-16(7-5-13)23(20,21)19(15-8-10-22-12-15)11-14-3-1-2-9-18-14/h1-7,9,15H,8,10-12H2/t15-/m1/s1. The van der Waals surface area contributed by atoms with Crippen LogP contribution in [0.15, 0.2) is 53.6 Å². The molecule has 0 saturated carbocycles. The summed E-state index contributed by atoms with van der Waals surface area (Å²) in [7, 11) is -3.69. The zero-order valence-electron chi connectivity index (χ0n) is 12.4. The van der Waals surface area contributed by atoms with E-state index in [1.54, 1.807) is 24.0 Å². The molecule has 0 spiro atoms. The molecule has 0 unspecified atom stereocenters. The van der Waals surface area contributed by atoms with Gasteiger partial charge in [-0.25, -0.2) is 12.8 Å². The number of rotatable bonds is 5. The third-order valence-electron chi connectivity index (χ3n) is 3.78. The highest BCUT2D eigenvalue weighted by Crippen LogP contribution is 2.29. The van der Waals surface area contributed by atoms with Gasteiger partial charge < -0.3 is 0 Å². The maximum atomic E-state index is 13.1. The molecule has 0 N–H and O–H groups in total. The molecule has 2 heterocycles. The van der Waals surface area contributed by atoms with Crippen molar-refractivity contribution in [3.8, 4) is 0 Å². The lowest BCUT2D eigenvalue weighted by Crippen LogP contribution is -2.40. The number of sulfonamides is 1. The fourth-order valence-electron chi connectivity index (χ4n) is 2.55. The average Bonchev–Trinajstić information content (AvgIpc) is 3.08. The van der Waals surface area contributed by atoms with Crippen LogP contribution in [0.4, 0.5) is 4.39 Å². The maximum absolute atomic E-state index is 13.1. The molecule has 0 radical (unpaired) electrons. The van der Waals surface area contributed by atoms with Crippen molar-refractivity contribution in [3.05, 3.63) is 60.2 Å². The molecule has 1 aromatic carbocycles. The van der Waals surface area contributed by atoms with Crippen molar-refractivity contribution >= 4 is 21.8 Å². The van der Waals surface area contributed by atoms with Gasteiger partial charge in [0.15, 0.2) is 0 Å². The van der Waals surface area contributed by atoms with Gasteiger partial charge in [-0.1, -0.05) is 6.07 Å². The summed E-state index contributed by atoms with van der Waals surface area (Å²) in [6, 6.07) is 10.4. The Morgan fingerprint density at radius 3 is 2.61 bits per heavy atom. The van der Waals surface area contributed by atoms with Gasteiger partial charge in [0.1, 0.15) is 5.82 Å². The lowest BCUT2D eigenvalue weighted by Gasteiger charge is -2.27. The minimum Gasteiger partial charge on any atom is -0.260 e. The van der Waals surface area contributed by atoms with Gasteiger partial charge in [-0.3, -0.25) is 4.98 Å². The second-order valence-corrected chi connectivity index (χ2v) is 8.38. The van der Waals surface area contributed by atoms with Crippen molar-refractivity contribution in [3.63, 3.8) is 0 Å². The highest BCUT2D eigenvalue weighted by atomic mass is 32.2. The second-order valence-electron chi connectivity index (χ2n) is 5.34. The van der Waals surface area contributed by atoms with Crippen LogP contribution < -0.4 is 0 Å². The fraction of sp³-hybridized carbons (Fsp3) is 0.312. The highest BCUT2D eigenvalue weighted by molar-refractivity contribution is 7.99. The molecule has 1 atom stereocenters. The van der Waals surface area contributed by atoms with E-state index in [1.807, 2.05) is 12.1 Å². The predicted octanol–water partition coefficient (Wildman–Crippen LogP) is 2.92. The first-order valence-electron chi connectivity index (χ1n) is 7.32. The third-order valence-corrected chi connectivity index (χ3v) is 6.83. The number of nitrogens with zero attached hydrogens (tertiary/aromatic N) is 2. The summed E-state index contributed by atoms with van der Waals surface area (Å²) in [5.41, 5.74) is 0.704. The molecule has 4 nitrogen and oxygen atoms in total. The molecule has 122 valence electrons. The van der Waals surface area contributed by atoms with Crippen LogP contribution in [0.2, 0.25) is 0 Å². The van der Waals surface area contributed by atoms with E-state index in [-0.39, 0.29) is 17.5 Å². The summed E-state index contributed by atoms with van der Waals surface area (Å²) in [4.78, 5) is 4.36. The summed E-state index contributed by atoms with van der Waals surface area (Å²) >= 11 is 1.75. The van der Waals surface area contributed by atoms with Crippen molar-refractivity contribution in [2.24, 2.45) is 0 Å². The molecule has 3 rings (SSSR count). The SMILES string of the molecule is O=S(=O)(c1ccc(F)cc1)N(Cc1ccccn1)[C@@H]1CCSC1. The Balaban J connectivity index is 1.94. The Morgan fingerprint density at radius 2 is 2.00 bits per heavy atom. The first-order valence-corrected chi connectivity index (χ1v) is 9.92. The third kappa shape index (κ3) is 3.73. The van der Waals surface area contributed by atoms with Crippen LogP contribution in [-0.2, 0) is 16.6 Å². The fourth-order valence-corrected chi connectivity index (χ4v) is 5.50. The quantitative estimate of drug-likeness (QED) is 0.830.